The maximum atomic E-state index is 12.8. The minimum absolute atomic E-state index is 0.160. The highest BCUT2D eigenvalue weighted by atomic mass is 32.2. The summed E-state index contributed by atoms with van der Waals surface area (Å²) >= 11 is 0.981. The van der Waals surface area contributed by atoms with E-state index in [1.54, 1.807) is 12.1 Å². The van der Waals surface area contributed by atoms with Crippen LogP contribution in [0.15, 0.2) is 23.1 Å². The van der Waals surface area contributed by atoms with Crippen LogP contribution in [0.5, 0.6) is 0 Å². The summed E-state index contributed by atoms with van der Waals surface area (Å²) in [5.74, 6) is -0.0618. The molecule has 1 aromatic rings. The van der Waals surface area contributed by atoms with E-state index in [0.717, 1.165) is 43.0 Å². The molecular weight excluding hydrogens is 348 g/mol. The van der Waals surface area contributed by atoms with Crippen molar-refractivity contribution in [2.45, 2.75) is 36.6 Å². The number of carbonyl (C=O) groups is 2. The molecule has 0 saturated carbocycles. The average molecular weight is 366 g/mol. The number of hydrogen-bond donors (Lipinski definition) is 0. The van der Waals surface area contributed by atoms with Crippen LogP contribution in [0.4, 0.5) is 4.79 Å². The zero-order valence-corrected chi connectivity index (χ0v) is 14.7. The first kappa shape index (κ1) is 16.1. The van der Waals surface area contributed by atoms with E-state index in [1.165, 1.54) is 14.8 Å². The number of imide groups is 1. The Morgan fingerprint density at radius 1 is 1.04 bits per heavy atom. The number of thioether (sulfide) groups is 1. The van der Waals surface area contributed by atoms with Gasteiger partial charge in [-0.3, -0.25) is 14.5 Å². The van der Waals surface area contributed by atoms with Crippen LogP contribution < -0.4 is 0 Å². The Morgan fingerprint density at radius 2 is 1.75 bits per heavy atom. The molecule has 2 heterocycles. The number of benzene rings is 1. The molecule has 0 radical (unpaired) electrons. The second kappa shape index (κ2) is 5.86. The van der Waals surface area contributed by atoms with Crippen molar-refractivity contribution in [2.24, 2.45) is 0 Å². The molecule has 0 N–H and O–H groups in total. The minimum atomic E-state index is -3.56. The molecule has 4 rings (SSSR count). The molecule has 0 spiro atoms. The van der Waals surface area contributed by atoms with Crippen LogP contribution in [0.1, 0.15) is 24.0 Å². The zero-order valence-electron chi connectivity index (χ0n) is 13.1. The van der Waals surface area contributed by atoms with Gasteiger partial charge in [0.05, 0.1) is 16.7 Å². The Hall–Kier alpha value is -1.38. The van der Waals surface area contributed by atoms with Gasteiger partial charge in [0.15, 0.2) is 0 Å². The van der Waals surface area contributed by atoms with Crippen molar-refractivity contribution < 1.29 is 18.0 Å². The van der Waals surface area contributed by atoms with E-state index >= 15 is 0 Å². The molecule has 1 aliphatic carbocycles. The van der Waals surface area contributed by atoms with Crippen molar-refractivity contribution in [2.75, 3.05) is 18.8 Å². The first-order valence-corrected chi connectivity index (χ1v) is 10.5. The van der Waals surface area contributed by atoms with Gasteiger partial charge in [-0.15, -0.1) is 0 Å². The highest BCUT2D eigenvalue weighted by Crippen LogP contribution is 2.31. The van der Waals surface area contributed by atoms with E-state index in [2.05, 4.69) is 0 Å². The molecule has 2 fully saturated rings. The van der Waals surface area contributed by atoms with Crippen LogP contribution in [0.2, 0.25) is 0 Å². The molecule has 0 bridgehead atoms. The Bertz CT molecular complexity index is 799. The topological polar surface area (TPSA) is 74.8 Å². The monoisotopic (exact) mass is 366 g/mol. The number of rotatable bonds is 3. The predicted molar refractivity (Wildman–Crippen MR) is 90.3 cm³/mol. The normalized spacial score (nSPS) is 22.6. The summed E-state index contributed by atoms with van der Waals surface area (Å²) in [5.41, 5.74) is 2.37. The second-order valence-electron chi connectivity index (χ2n) is 6.43. The van der Waals surface area contributed by atoms with Crippen molar-refractivity contribution in [3.8, 4) is 0 Å². The highest BCUT2D eigenvalue weighted by molar-refractivity contribution is 8.14. The third-order valence-electron chi connectivity index (χ3n) is 4.94. The van der Waals surface area contributed by atoms with E-state index in [1.807, 2.05) is 6.07 Å². The van der Waals surface area contributed by atoms with Gasteiger partial charge in [0.25, 0.3) is 5.24 Å². The summed E-state index contributed by atoms with van der Waals surface area (Å²) in [6, 6.07) is 5.06. The maximum Gasteiger partial charge on any atom is 0.289 e. The van der Waals surface area contributed by atoms with Crippen LogP contribution in [0, 0.1) is 0 Å². The number of sulfonamides is 1. The molecule has 0 unspecified atom stereocenters. The first-order chi connectivity index (χ1) is 11.5. The third-order valence-corrected chi connectivity index (χ3v) is 7.60. The number of aryl methyl sites for hydroxylation is 2. The summed E-state index contributed by atoms with van der Waals surface area (Å²) in [4.78, 5) is 25.0. The summed E-state index contributed by atoms with van der Waals surface area (Å²) in [7, 11) is -3.56. The standard InChI is InChI=1S/C16H18N2O4S2/c19-15-10-23-16(20)18(15)13-8-17(9-13)24(21,22)14-6-5-11-3-1-2-4-12(11)7-14/h5-7,13H,1-4,8-10H2. The SMILES string of the molecule is O=C1CSC(=O)N1C1CN(S(=O)(=O)c2ccc3c(c2)CCCC3)C1. The first-order valence-electron chi connectivity index (χ1n) is 8.07. The molecule has 2 amide bonds. The molecule has 3 aliphatic rings. The van der Waals surface area contributed by atoms with E-state index in [0.29, 0.717) is 4.90 Å². The lowest BCUT2D eigenvalue weighted by molar-refractivity contribution is -0.127. The van der Waals surface area contributed by atoms with Crippen molar-refractivity contribution in [1.29, 1.82) is 0 Å². The van der Waals surface area contributed by atoms with Crippen LogP contribution >= 0.6 is 11.8 Å². The van der Waals surface area contributed by atoms with Crippen LogP contribution in [-0.4, -0.2) is 53.7 Å². The van der Waals surface area contributed by atoms with Crippen LogP contribution in [0.3, 0.4) is 0 Å². The fourth-order valence-electron chi connectivity index (χ4n) is 3.51. The molecule has 0 atom stereocenters. The van der Waals surface area contributed by atoms with Gasteiger partial charge in [0, 0.05) is 13.1 Å². The summed E-state index contributed by atoms with van der Waals surface area (Å²) in [6.07, 6.45) is 4.19. The second-order valence-corrected chi connectivity index (χ2v) is 9.30. The smallest absolute Gasteiger partial charge is 0.273 e. The van der Waals surface area contributed by atoms with Gasteiger partial charge in [0.2, 0.25) is 15.9 Å². The summed E-state index contributed by atoms with van der Waals surface area (Å²) in [5, 5.41) is -0.268. The Morgan fingerprint density at radius 3 is 2.42 bits per heavy atom. The van der Waals surface area contributed by atoms with Gasteiger partial charge in [-0.1, -0.05) is 17.8 Å². The Kier molecular flexibility index (Phi) is 3.93. The van der Waals surface area contributed by atoms with Gasteiger partial charge >= 0.3 is 0 Å². The molecule has 8 heteroatoms. The van der Waals surface area contributed by atoms with E-state index in [-0.39, 0.29) is 36.0 Å². The minimum Gasteiger partial charge on any atom is -0.273 e. The van der Waals surface area contributed by atoms with E-state index < -0.39 is 10.0 Å². The summed E-state index contributed by atoms with van der Waals surface area (Å²) < 4.78 is 26.9. The Labute approximate surface area is 145 Å². The Balaban J connectivity index is 1.51. The van der Waals surface area contributed by atoms with E-state index in [9.17, 15) is 18.0 Å². The quantitative estimate of drug-likeness (QED) is 0.813. The van der Waals surface area contributed by atoms with Gasteiger partial charge in [-0.2, -0.15) is 4.31 Å². The van der Waals surface area contributed by atoms with Gasteiger partial charge < -0.3 is 0 Å². The molecule has 0 aromatic heterocycles. The molecule has 2 saturated heterocycles. The molecule has 128 valence electrons. The fraction of sp³-hybridized carbons (Fsp3) is 0.500. The number of carbonyl (C=O) groups excluding carboxylic acids is 2. The van der Waals surface area contributed by atoms with Crippen molar-refractivity contribution >= 4 is 32.9 Å². The highest BCUT2D eigenvalue weighted by Gasteiger charge is 2.46. The van der Waals surface area contributed by atoms with Crippen molar-refractivity contribution in [3.05, 3.63) is 29.3 Å². The number of hydrogen-bond acceptors (Lipinski definition) is 5. The van der Waals surface area contributed by atoms with E-state index in [4.69, 9.17) is 0 Å². The van der Waals surface area contributed by atoms with Crippen molar-refractivity contribution in [3.63, 3.8) is 0 Å². The van der Waals surface area contributed by atoms with Gasteiger partial charge in [0.1, 0.15) is 0 Å². The van der Waals surface area contributed by atoms with Crippen LogP contribution in [0.25, 0.3) is 0 Å². The number of amides is 2. The van der Waals surface area contributed by atoms with Gasteiger partial charge in [-0.25, -0.2) is 8.42 Å². The zero-order chi connectivity index (χ0) is 16.9. The van der Waals surface area contributed by atoms with Crippen LogP contribution in [-0.2, 0) is 27.7 Å². The van der Waals surface area contributed by atoms with Crippen molar-refractivity contribution in [1.82, 2.24) is 9.21 Å². The molecule has 24 heavy (non-hydrogen) atoms. The lowest BCUT2D eigenvalue weighted by Gasteiger charge is -2.41. The average Bonchev–Trinajstić information content (AvgIpc) is 2.85. The maximum absolute atomic E-state index is 12.8. The lowest BCUT2D eigenvalue weighted by Crippen LogP contribution is -2.61. The third kappa shape index (κ3) is 2.57. The molecule has 1 aromatic carbocycles. The lowest BCUT2D eigenvalue weighted by atomic mass is 9.92. The fourth-order valence-corrected chi connectivity index (χ4v) is 5.85. The molecule has 6 nitrogen and oxygen atoms in total. The number of nitrogens with zero attached hydrogens (tertiary/aromatic N) is 2. The number of fused-ring (bicyclic) bond motifs is 1. The van der Waals surface area contributed by atoms with Gasteiger partial charge in [-0.05, 0) is 48.9 Å². The largest absolute Gasteiger partial charge is 0.289 e. The summed E-state index contributed by atoms with van der Waals surface area (Å²) in [6.45, 7) is 0.384. The molecular formula is C16H18N2O4S2. The molecule has 2 aliphatic heterocycles. The predicted octanol–water partition coefficient (Wildman–Crippen LogP) is 1.63.